The third-order valence-corrected chi connectivity index (χ3v) is 2.09. The van der Waals surface area contributed by atoms with Gasteiger partial charge < -0.3 is 9.84 Å². The van der Waals surface area contributed by atoms with Crippen LogP contribution >= 0.6 is 0 Å². The molecule has 13 heavy (non-hydrogen) atoms. The van der Waals surface area contributed by atoms with Crippen LogP contribution in [0.4, 0.5) is 0 Å². The van der Waals surface area contributed by atoms with Gasteiger partial charge in [0.15, 0.2) is 0 Å². The largest absolute Gasteiger partial charge is 0.483 e. The zero-order chi connectivity index (χ0) is 9.10. The van der Waals surface area contributed by atoms with Crippen molar-refractivity contribution in [3.63, 3.8) is 0 Å². The highest BCUT2D eigenvalue weighted by atomic mass is 16.5. The van der Waals surface area contributed by atoms with E-state index in [1.54, 1.807) is 0 Å². The molecule has 68 valence electrons. The fraction of sp³-hybridized carbons (Fsp3) is 0.273. The lowest BCUT2D eigenvalue weighted by atomic mass is 10.1. The van der Waals surface area contributed by atoms with Gasteiger partial charge in [-0.05, 0) is 18.6 Å². The number of hydrogen-bond acceptors (Lipinski definition) is 2. The quantitative estimate of drug-likeness (QED) is 0.659. The van der Waals surface area contributed by atoms with E-state index in [9.17, 15) is 0 Å². The van der Waals surface area contributed by atoms with Gasteiger partial charge in [0.05, 0.1) is 6.61 Å². The summed E-state index contributed by atoms with van der Waals surface area (Å²) in [7, 11) is 0. The molecule has 1 N–H and O–H groups in total. The Kier molecular flexibility index (Phi) is 2.32. The summed E-state index contributed by atoms with van der Waals surface area (Å²) in [5, 5.41) is 8.91. The van der Waals surface area contributed by atoms with Crippen molar-refractivity contribution < 1.29 is 9.84 Å². The minimum Gasteiger partial charge on any atom is -0.483 e. The molecule has 1 unspecified atom stereocenters. The van der Waals surface area contributed by atoms with Crippen LogP contribution in [0.3, 0.4) is 0 Å². The summed E-state index contributed by atoms with van der Waals surface area (Å²) < 4.78 is 5.52. The van der Waals surface area contributed by atoms with Gasteiger partial charge >= 0.3 is 0 Å². The van der Waals surface area contributed by atoms with Crippen LogP contribution in [0.5, 0.6) is 0 Å². The minimum atomic E-state index is -0.185. The van der Waals surface area contributed by atoms with Crippen LogP contribution in [-0.4, -0.2) is 17.8 Å². The first-order valence-electron chi connectivity index (χ1n) is 4.43. The molecule has 0 radical (unpaired) electrons. The monoisotopic (exact) mass is 176 g/mol. The molecule has 1 aliphatic carbocycles. The van der Waals surface area contributed by atoms with Crippen molar-refractivity contribution in [2.75, 3.05) is 6.61 Å². The number of rotatable bonds is 1. The van der Waals surface area contributed by atoms with E-state index in [-0.39, 0.29) is 12.7 Å². The van der Waals surface area contributed by atoms with Gasteiger partial charge in [0.2, 0.25) is 0 Å². The first-order valence-corrected chi connectivity index (χ1v) is 4.43. The number of aliphatic hydroxyl groups is 1. The predicted octanol–water partition coefficient (Wildman–Crippen LogP) is 1.70. The Morgan fingerprint density at radius 1 is 1.54 bits per heavy atom. The van der Waals surface area contributed by atoms with E-state index >= 15 is 0 Å². The molecule has 1 atom stereocenters. The topological polar surface area (TPSA) is 29.5 Å². The highest BCUT2D eigenvalue weighted by Gasteiger charge is 2.15. The van der Waals surface area contributed by atoms with Crippen molar-refractivity contribution in [3.8, 4) is 0 Å². The van der Waals surface area contributed by atoms with Crippen molar-refractivity contribution in [3.05, 3.63) is 47.8 Å². The second-order valence-electron chi connectivity index (χ2n) is 3.05. The van der Waals surface area contributed by atoms with Gasteiger partial charge in [-0.2, -0.15) is 0 Å². The molecule has 2 aliphatic rings. The lowest BCUT2D eigenvalue weighted by molar-refractivity contribution is 0.0927. The first kappa shape index (κ1) is 8.32. The van der Waals surface area contributed by atoms with E-state index in [2.05, 4.69) is 12.2 Å². The summed E-state index contributed by atoms with van der Waals surface area (Å²) in [6, 6.07) is 0. The maximum atomic E-state index is 8.91. The summed E-state index contributed by atoms with van der Waals surface area (Å²) >= 11 is 0. The van der Waals surface area contributed by atoms with Gasteiger partial charge in [-0.3, -0.25) is 0 Å². The van der Waals surface area contributed by atoms with Crippen LogP contribution in [0.1, 0.15) is 6.42 Å². The van der Waals surface area contributed by atoms with Crippen LogP contribution < -0.4 is 0 Å². The molecule has 2 rings (SSSR count). The number of hydrogen-bond donors (Lipinski definition) is 1. The molecular formula is C11H12O2. The van der Waals surface area contributed by atoms with Crippen molar-refractivity contribution >= 4 is 0 Å². The Hall–Kier alpha value is -1.28. The van der Waals surface area contributed by atoms with Crippen LogP contribution in [0.15, 0.2) is 47.8 Å². The summed E-state index contributed by atoms with van der Waals surface area (Å²) in [4.78, 5) is 0. The molecule has 1 aliphatic heterocycles. The Bertz CT molecular complexity index is 308. The Morgan fingerprint density at radius 2 is 2.46 bits per heavy atom. The number of aliphatic hydroxyl groups excluding tert-OH is 1. The van der Waals surface area contributed by atoms with Gasteiger partial charge in [0.1, 0.15) is 11.9 Å². The molecule has 0 fully saturated rings. The smallest absolute Gasteiger partial charge is 0.140 e. The third kappa shape index (κ3) is 1.73. The summed E-state index contributed by atoms with van der Waals surface area (Å²) in [6.45, 7) is 0.0326. The van der Waals surface area contributed by atoms with Crippen molar-refractivity contribution in [2.45, 2.75) is 12.5 Å². The van der Waals surface area contributed by atoms with Gasteiger partial charge in [-0.15, -0.1) is 0 Å². The fourth-order valence-electron chi connectivity index (χ4n) is 1.39. The average molecular weight is 176 g/mol. The third-order valence-electron chi connectivity index (χ3n) is 2.09. The second-order valence-corrected chi connectivity index (χ2v) is 3.05. The van der Waals surface area contributed by atoms with Gasteiger partial charge in [0.25, 0.3) is 0 Å². The molecule has 1 heterocycles. The highest BCUT2D eigenvalue weighted by molar-refractivity contribution is 5.42. The second kappa shape index (κ2) is 3.62. The van der Waals surface area contributed by atoms with E-state index < -0.39 is 0 Å². The lowest BCUT2D eigenvalue weighted by Crippen LogP contribution is -2.18. The van der Waals surface area contributed by atoms with Gasteiger partial charge in [-0.1, -0.05) is 24.3 Å². The molecule has 2 nitrogen and oxygen atoms in total. The molecule has 0 saturated heterocycles. The standard InChI is InChI=1S/C11H12O2/c12-8-10-7-6-9-4-2-1-3-5-11(9)13-10/h1,3-7,10,12H,2,8H2. The first-order chi connectivity index (χ1) is 6.40. The predicted molar refractivity (Wildman–Crippen MR) is 51.0 cm³/mol. The Morgan fingerprint density at radius 3 is 3.31 bits per heavy atom. The van der Waals surface area contributed by atoms with E-state index in [1.807, 2.05) is 24.3 Å². The summed E-state index contributed by atoms with van der Waals surface area (Å²) in [5.74, 6) is 0.857. The molecule has 0 amide bonds. The zero-order valence-electron chi connectivity index (χ0n) is 7.31. The van der Waals surface area contributed by atoms with E-state index in [0.29, 0.717) is 0 Å². The Balaban J connectivity index is 2.27. The normalized spacial score (nSPS) is 25.5. The Labute approximate surface area is 77.5 Å². The van der Waals surface area contributed by atoms with Crippen LogP contribution in [0.2, 0.25) is 0 Å². The molecule has 0 aromatic rings. The van der Waals surface area contributed by atoms with Crippen molar-refractivity contribution in [1.82, 2.24) is 0 Å². The molecule has 0 saturated carbocycles. The summed E-state index contributed by atoms with van der Waals surface area (Å²) in [6.07, 6.45) is 12.7. The highest BCUT2D eigenvalue weighted by Crippen LogP contribution is 2.23. The van der Waals surface area contributed by atoms with E-state index in [0.717, 1.165) is 17.8 Å². The molecular weight excluding hydrogens is 164 g/mol. The SMILES string of the molecule is OCC1C=CC2=CCC=CC=C2O1. The van der Waals surface area contributed by atoms with E-state index in [1.165, 1.54) is 0 Å². The molecule has 0 bridgehead atoms. The number of fused-ring (bicyclic) bond motifs is 1. The number of allylic oxidation sites excluding steroid dienone is 5. The maximum Gasteiger partial charge on any atom is 0.140 e. The molecule has 0 spiro atoms. The lowest BCUT2D eigenvalue weighted by Gasteiger charge is -2.21. The van der Waals surface area contributed by atoms with E-state index in [4.69, 9.17) is 9.84 Å². The van der Waals surface area contributed by atoms with Crippen LogP contribution in [0, 0.1) is 0 Å². The van der Waals surface area contributed by atoms with Crippen molar-refractivity contribution in [2.24, 2.45) is 0 Å². The molecule has 0 aromatic heterocycles. The van der Waals surface area contributed by atoms with Gasteiger partial charge in [0, 0.05) is 5.57 Å². The minimum absolute atomic E-state index is 0.0326. The van der Waals surface area contributed by atoms with Crippen molar-refractivity contribution in [1.29, 1.82) is 0 Å². The zero-order valence-corrected chi connectivity index (χ0v) is 7.31. The summed E-state index contributed by atoms with van der Waals surface area (Å²) in [5.41, 5.74) is 1.11. The molecule has 0 aromatic carbocycles. The van der Waals surface area contributed by atoms with Crippen LogP contribution in [0.25, 0.3) is 0 Å². The average Bonchev–Trinajstić information content (AvgIpc) is 2.41. The molecule has 2 heteroatoms. The fourth-order valence-corrected chi connectivity index (χ4v) is 1.39. The van der Waals surface area contributed by atoms with Crippen LogP contribution in [-0.2, 0) is 4.74 Å². The maximum absolute atomic E-state index is 8.91. The van der Waals surface area contributed by atoms with Gasteiger partial charge in [-0.25, -0.2) is 0 Å². The number of ether oxygens (including phenoxy) is 1.